The lowest BCUT2D eigenvalue weighted by atomic mass is 10.0. The van der Waals surface area contributed by atoms with Gasteiger partial charge in [0.25, 0.3) is 0 Å². The van der Waals surface area contributed by atoms with Crippen molar-refractivity contribution in [3.63, 3.8) is 0 Å². The molecule has 0 aliphatic heterocycles. The summed E-state index contributed by atoms with van der Waals surface area (Å²) in [7, 11) is 1.71. The van der Waals surface area contributed by atoms with Crippen molar-refractivity contribution in [3.8, 4) is 17.3 Å². The molecule has 0 aliphatic rings. The predicted molar refractivity (Wildman–Crippen MR) is 68.6 cm³/mol. The lowest BCUT2D eigenvalue weighted by Crippen LogP contribution is -1.99. The maximum atomic E-state index is 14.6. The van der Waals surface area contributed by atoms with E-state index in [4.69, 9.17) is 0 Å². The lowest BCUT2D eigenvalue weighted by molar-refractivity contribution is 0.639. The number of hydrogen-bond donors (Lipinski definition) is 0. The van der Waals surface area contributed by atoms with Gasteiger partial charge in [-0.1, -0.05) is 0 Å². The SMILES string of the molecule is Cn1nccc1-c1c(C#N)cc2ncccc2c1F. The predicted octanol–water partition coefficient (Wildman–Crippen LogP) is 2.65. The van der Waals surface area contributed by atoms with Crippen molar-refractivity contribution in [3.05, 3.63) is 48.0 Å². The maximum Gasteiger partial charge on any atom is 0.143 e. The number of aryl methyl sites for hydroxylation is 1. The van der Waals surface area contributed by atoms with Gasteiger partial charge in [-0.25, -0.2) is 4.39 Å². The molecule has 4 nitrogen and oxygen atoms in total. The quantitative estimate of drug-likeness (QED) is 0.669. The second kappa shape index (κ2) is 4.18. The summed E-state index contributed by atoms with van der Waals surface area (Å²) in [5.41, 5.74) is 1.57. The van der Waals surface area contributed by atoms with E-state index in [0.717, 1.165) is 0 Å². The summed E-state index contributed by atoms with van der Waals surface area (Å²) in [6.07, 6.45) is 3.15. The van der Waals surface area contributed by atoms with Crippen LogP contribution in [0.15, 0.2) is 36.7 Å². The Labute approximate surface area is 108 Å². The first-order valence-electron chi connectivity index (χ1n) is 5.68. The van der Waals surface area contributed by atoms with Gasteiger partial charge < -0.3 is 0 Å². The summed E-state index contributed by atoms with van der Waals surface area (Å²) < 4.78 is 16.2. The van der Waals surface area contributed by atoms with Crippen LogP contribution in [0.25, 0.3) is 22.2 Å². The molecule has 0 bridgehead atoms. The van der Waals surface area contributed by atoms with E-state index in [1.54, 1.807) is 48.4 Å². The average molecular weight is 252 g/mol. The van der Waals surface area contributed by atoms with Crippen molar-refractivity contribution < 1.29 is 4.39 Å². The van der Waals surface area contributed by atoms with Crippen LogP contribution in [-0.4, -0.2) is 14.8 Å². The zero-order valence-corrected chi connectivity index (χ0v) is 10.1. The molecule has 5 heteroatoms. The zero-order chi connectivity index (χ0) is 13.4. The molecule has 0 amide bonds. The zero-order valence-electron chi connectivity index (χ0n) is 10.1. The number of hydrogen-bond acceptors (Lipinski definition) is 3. The third-order valence-corrected chi connectivity index (χ3v) is 3.04. The molecular formula is C14H9FN4. The van der Waals surface area contributed by atoms with Crippen LogP contribution >= 0.6 is 0 Å². The molecular weight excluding hydrogens is 243 g/mol. The maximum absolute atomic E-state index is 14.6. The Morgan fingerprint density at radius 2 is 2.16 bits per heavy atom. The van der Waals surface area contributed by atoms with Gasteiger partial charge in [-0.05, 0) is 24.3 Å². The molecule has 0 N–H and O–H groups in total. The number of fused-ring (bicyclic) bond motifs is 1. The third kappa shape index (κ3) is 1.66. The van der Waals surface area contributed by atoms with Gasteiger partial charge in [0.2, 0.25) is 0 Å². The summed E-state index contributed by atoms with van der Waals surface area (Å²) >= 11 is 0. The highest BCUT2D eigenvalue weighted by Gasteiger charge is 2.17. The Morgan fingerprint density at radius 1 is 1.32 bits per heavy atom. The first-order chi connectivity index (χ1) is 9.22. The molecule has 3 aromatic rings. The molecule has 1 aromatic carbocycles. The van der Waals surface area contributed by atoms with Crippen molar-refractivity contribution in [1.82, 2.24) is 14.8 Å². The van der Waals surface area contributed by atoms with Gasteiger partial charge in [-0.15, -0.1) is 0 Å². The number of halogens is 1. The molecule has 2 heterocycles. The fourth-order valence-corrected chi connectivity index (χ4v) is 2.14. The Morgan fingerprint density at radius 3 is 2.84 bits per heavy atom. The van der Waals surface area contributed by atoms with Crippen LogP contribution in [-0.2, 0) is 7.05 Å². The van der Waals surface area contributed by atoms with Crippen LogP contribution in [0.1, 0.15) is 5.56 Å². The summed E-state index contributed by atoms with van der Waals surface area (Å²) in [5, 5.41) is 13.6. The Balaban J connectivity index is 2.45. The lowest BCUT2D eigenvalue weighted by Gasteiger charge is -2.09. The van der Waals surface area contributed by atoms with Gasteiger partial charge in [0.15, 0.2) is 0 Å². The molecule has 0 unspecified atom stereocenters. The van der Waals surface area contributed by atoms with Gasteiger partial charge in [0.05, 0.1) is 22.3 Å². The van der Waals surface area contributed by atoms with E-state index in [2.05, 4.69) is 10.1 Å². The highest BCUT2D eigenvalue weighted by atomic mass is 19.1. The van der Waals surface area contributed by atoms with Gasteiger partial charge in [0, 0.05) is 24.8 Å². The van der Waals surface area contributed by atoms with Gasteiger partial charge in [0.1, 0.15) is 11.9 Å². The molecule has 0 atom stereocenters. The highest BCUT2D eigenvalue weighted by molar-refractivity contribution is 5.88. The molecule has 0 aliphatic carbocycles. The molecule has 3 rings (SSSR count). The van der Waals surface area contributed by atoms with E-state index in [1.165, 1.54) is 0 Å². The number of aromatic nitrogens is 3. The molecule has 2 aromatic heterocycles. The van der Waals surface area contributed by atoms with Crippen LogP contribution in [0.3, 0.4) is 0 Å². The van der Waals surface area contributed by atoms with Crippen molar-refractivity contribution in [2.24, 2.45) is 7.05 Å². The molecule has 0 radical (unpaired) electrons. The Kier molecular flexibility index (Phi) is 2.50. The summed E-state index contributed by atoms with van der Waals surface area (Å²) in [5.74, 6) is -0.439. The largest absolute Gasteiger partial charge is 0.268 e. The van der Waals surface area contributed by atoms with Gasteiger partial charge in [-0.3, -0.25) is 9.67 Å². The van der Waals surface area contributed by atoms with E-state index < -0.39 is 5.82 Å². The minimum atomic E-state index is -0.439. The summed E-state index contributed by atoms with van der Waals surface area (Å²) in [6, 6.07) is 8.63. The van der Waals surface area contributed by atoms with Crippen molar-refractivity contribution in [1.29, 1.82) is 5.26 Å². The number of nitriles is 1. The number of pyridine rings is 1. The molecule has 0 spiro atoms. The third-order valence-electron chi connectivity index (χ3n) is 3.04. The van der Waals surface area contributed by atoms with E-state index in [1.807, 2.05) is 6.07 Å². The van der Waals surface area contributed by atoms with Gasteiger partial charge >= 0.3 is 0 Å². The van der Waals surface area contributed by atoms with Crippen LogP contribution in [0.4, 0.5) is 4.39 Å². The van der Waals surface area contributed by atoms with Crippen molar-refractivity contribution in [2.45, 2.75) is 0 Å². The van der Waals surface area contributed by atoms with E-state index in [-0.39, 0.29) is 11.1 Å². The van der Waals surface area contributed by atoms with Crippen LogP contribution in [0.5, 0.6) is 0 Å². The minimum absolute atomic E-state index is 0.257. The first-order valence-corrected chi connectivity index (χ1v) is 5.68. The van der Waals surface area contributed by atoms with E-state index in [0.29, 0.717) is 16.6 Å². The monoisotopic (exact) mass is 252 g/mol. The Hall–Kier alpha value is -2.74. The minimum Gasteiger partial charge on any atom is -0.268 e. The van der Waals surface area contributed by atoms with Gasteiger partial charge in [-0.2, -0.15) is 10.4 Å². The highest BCUT2D eigenvalue weighted by Crippen LogP contribution is 2.31. The average Bonchev–Trinajstić information content (AvgIpc) is 2.84. The molecule has 0 saturated heterocycles. The van der Waals surface area contributed by atoms with Crippen molar-refractivity contribution in [2.75, 3.05) is 0 Å². The van der Waals surface area contributed by atoms with Crippen molar-refractivity contribution >= 4 is 10.9 Å². The topological polar surface area (TPSA) is 54.5 Å². The summed E-state index contributed by atoms with van der Waals surface area (Å²) in [4.78, 5) is 4.08. The number of benzene rings is 1. The number of rotatable bonds is 1. The fraction of sp³-hybridized carbons (Fsp3) is 0.0714. The molecule has 0 fully saturated rings. The molecule has 92 valence electrons. The first kappa shape index (κ1) is 11.4. The van der Waals surface area contributed by atoms with Crippen LogP contribution in [0, 0.1) is 17.1 Å². The van der Waals surface area contributed by atoms with E-state index >= 15 is 0 Å². The van der Waals surface area contributed by atoms with Crippen LogP contribution < -0.4 is 0 Å². The fourth-order valence-electron chi connectivity index (χ4n) is 2.14. The standard InChI is InChI=1S/C14H9FN4/c1-19-12(4-6-18-19)13-9(8-16)7-11-10(14(13)15)3-2-5-17-11/h2-7H,1H3. The second-order valence-corrected chi connectivity index (χ2v) is 4.14. The van der Waals surface area contributed by atoms with E-state index in [9.17, 15) is 9.65 Å². The molecule has 19 heavy (non-hydrogen) atoms. The Bertz CT molecular complexity index is 814. The van der Waals surface area contributed by atoms with Crippen LogP contribution in [0.2, 0.25) is 0 Å². The number of nitrogens with zero attached hydrogens (tertiary/aromatic N) is 4. The normalized spacial score (nSPS) is 10.6. The second-order valence-electron chi connectivity index (χ2n) is 4.14. The summed E-state index contributed by atoms with van der Waals surface area (Å²) in [6.45, 7) is 0. The smallest absolute Gasteiger partial charge is 0.143 e. The molecule has 0 saturated carbocycles.